The van der Waals surface area contributed by atoms with Crippen LogP contribution < -0.4 is 10.6 Å². The van der Waals surface area contributed by atoms with Gasteiger partial charge in [0.1, 0.15) is 10.6 Å². The second kappa shape index (κ2) is 12.3. The lowest BCUT2D eigenvalue weighted by molar-refractivity contribution is -0.165. The van der Waals surface area contributed by atoms with E-state index in [-0.39, 0.29) is 34.5 Å². The number of amides is 1. The third kappa shape index (κ3) is 7.27. The molecule has 3 aromatic rings. The van der Waals surface area contributed by atoms with E-state index in [2.05, 4.69) is 10.6 Å². The lowest BCUT2D eigenvalue weighted by Crippen LogP contribution is -2.22. The number of hydrogen-bond acceptors (Lipinski definition) is 9. The van der Waals surface area contributed by atoms with Gasteiger partial charge in [-0.05, 0) is 30.5 Å². The van der Waals surface area contributed by atoms with Crippen LogP contribution in [0.5, 0.6) is 0 Å². The summed E-state index contributed by atoms with van der Waals surface area (Å²) in [5.41, 5.74) is 0.761. The Hall–Kier alpha value is -3.97. The number of ketones is 1. The Morgan fingerprint density at radius 1 is 1.00 bits per heavy atom. The Morgan fingerprint density at radius 2 is 1.76 bits per heavy atom. The van der Waals surface area contributed by atoms with Crippen LogP contribution >= 0.6 is 22.7 Å². The normalized spacial score (nSPS) is 11.2. The number of alkyl halides is 3. The standard InChI is InChI=1S/C24H19F3N2O6S2/c1-2-34-23(33)20-15(17-8-5-11-36-17)13-37-21(20)29-19(31)12-35-22(32)14-6-3-4-7-16(14)28-10-9-18(30)24(25,26)27/h3-11,13,28H,2,12H2,1H3,(H,29,31)/b10-9+. The highest BCUT2D eigenvalue weighted by atomic mass is 32.1. The van der Waals surface area contributed by atoms with Gasteiger partial charge in [0, 0.05) is 28.1 Å². The van der Waals surface area contributed by atoms with Gasteiger partial charge in [0.2, 0.25) is 0 Å². The molecule has 0 aliphatic carbocycles. The van der Waals surface area contributed by atoms with Crippen LogP contribution in [-0.4, -0.2) is 43.0 Å². The highest BCUT2D eigenvalue weighted by Gasteiger charge is 2.36. The van der Waals surface area contributed by atoms with Crippen molar-refractivity contribution in [3.8, 4) is 10.4 Å². The topological polar surface area (TPSA) is 111 Å². The summed E-state index contributed by atoms with van der Waals surface area (Å²) < 4.78 is 47.2. The Balaban J connectivity index is 1.67. The van der Waals surface area contributed by atoms with Crippen LogP contribution in [-0.2, 0) is 19.1 Å². The van der Waals surface area contributed by atoms with Crippen molar-refractivity contribution in [2.45, 2.75) is 13.1 Å². The van der Waals surface area contributed by atoms with E-state index in [0.29, 0.717) is 5.56 Å². The van der Waals surface area contributed by atoms with Crippen LogP contribution in [0, 0.1) is 0 Å². The number of halogens is 3. The van der Waals surface area contributed by atoms with Crippen molar-refractivity contribution in [1.29, 1.82) is 0 Å². The lowest BCUT2D eigenvalue weighted by atomic mass is 10.1. The molecule has 37 heavy (non-hydrogen) atoms. The molecule has 0 saturated carbocycles. The maximum Gasteiger partial charge on any atom is 0.454 e. The molecular formula is C24H19F3N2O6S2. The number of ether oxygens (including phenoxy) is 2. The summed E-state index contributed by atoms with van der Waals surface area (Å²) in [5, 5.41) is 8.75. The van der Waals surface area contributed by atoms with Gasteiger partial charge in [0.15, 0.2) is 6.61 Å². The summed E-state index contributed by atoms with van der Waals surface area (Å²) in [5.74, 6) is -4.35. The van der Waals surface area contributed by atoms with E-state index in [4.69, 9.17) is 9.47 Å². The number of nitrogens with one attached hydrogen (secondary N) is 2. The number of hydrogen-bond donors (Lipinski definition) is 2. The molecule has 1 aromatic carbocycles. The minimum absolute atomic E-state index is 0.0579. The van der Waals surface area contributed by atoms with Gasteiger partial charge in [-0.25, -0.2) is 9.59 Å². The minimum Gasteiger partial charge on any atom is -0.462 e. The number of esters is 2. The maximum atomic E-state index is 12.6. The van der Waals surface area contributed by atoms with Crippen molar-refractivity contribution >= 4 is 57.0 Å². The van der Waals surface area contributed by atoms with Gasteiger partial charge >= 0.3 is 18.1 Å². The van der Waals surface area contributed by atoms with Gasteiger partial charge in [-0.2, -0.15) is 13.2 Å². The second-order valence-electron chi connectivity index (χ2n) is 7.06. The van der Waals surface area contributed by atoms with Gasteiger partial charge in [0.05, 0.1) is 17.9 Å². The summed E-state index contributed by atoms with van der Waals surface area (Å²) in [6, 6.07) is 9.33. The molecule has 0 spiro atoms. The summed E-state index contributed by atoms with van der Waals surface area (Å²) in [6.45, 7) is 1.09. The molecule has 0 radical (unpaired) electrons. The van der Waals surface area contributed by atoms with Crippen LogP contribution in [0.1, 0.15) is 27.6 Å². The Morgan fingerprint density at radius 3 is 2.43 bits per heavy atom. The SMILES string of the molecule is CCOC(=O)c1c(-c2cccs2)csc1NC(=O)COC(=O)c1ccccc1N/C=C/C(=O)C(F)(F)F. The van der Waals surface area contributed by atoms with Gasteiger partial charge in [-0.3, -0.25) is 9.59 Å². The average molecular weight is 553 g/mol. The van der Waals surface area contributed by atoms with Crippen molar-refractivity contribution in [3.63, 3.8) is 0 Å². The fourth-order valence-electron chi connectivity index (χ4n) is 2.93. The maximum absolute atomic E-state index is 12.6. The zero-order chi connectivity index (χ0) is 27.0. The molecule has 0 atom stereocenters. The number of benzene rings is 1. The Kier molecular flexibility index (Phi) is 9.20. The van der Waals surface area contributed by atoms with Gasteiger partial charge < -0.3 is 20.1 Å². The molecule has 1 amide bonds. The zero-order valence-electron chi connectivity index (χ0n) is 19.1. The number of rotatable bonds is 10. The van der Waals surface area contributed by atoms with Crippen LogP contribution in [0.15, 0.2) is 59.4 Å². The van der Waals surface area contributed by atoms with Crippen molar-refractivity contribution in [3.05, 3.63) is 70.6 Å². The molecule has 13 heteroatoms. The van der Waals surface area contributed by atoms with Gasteiger partial charge in [-0.1, -0.05) is 18.2 Å². The molecule has 2 N–H and O–H groups in total. The fraction of sp³-hybridized carbons (Fsp3) is 0.167. The molecule has 194 valence electrons. The summed E-state index contributed by atoms with van der Waals surface area (Å²) in [6.07, 6.45) is -4.00. The first kappa shape index (κ1) is 27.6. The van der Waals surface area contributed by atoms with Crippen LogP contribution in [0.3, 0.4) is 0 Å². The summed E-state index contributed by atoms with van der Waals surface area (Å²) in [4.78, 5) is 49.3. The van der Waals surface area contributed by atoms with Crippen LogP contribution in [0.4, 0.5) is 23.9 Å². The molecule has 2 aromatic heterocycles. The van der Waals surface area contributed by atoms with E-state index < -0.39 is 36.4 Å². The van der Waals surface area contributed by atoms with Gasteiger partial charge in [-0.15, -0.1) is 22.7 Å². The Bertz CT molecular complexity index is 1320. The second-order valence-corrected chi connectivity index (χ2v) is 8.89. The van der Waals surface area contributed by atoms with E-state index in [0.717, 1.165) is 22.4 Å². The highest BCUT2D eigenvalue weighted by Crippen LogP contribution is 2.38. The molecule has 8 nitrogen and oxygen atoms in total. The molecule has 3 rings (SSSR count). The van der Waals surface area contributed by atoms with Crippen molar-refractivity contribution in [1.82, 2.24) is 0 Å². The fourth-order valence-corrected chi connectivity index (χ4v) is 4.72. The van der Waals surface area contributed by atoms with E-state index in [9.17, 15) is 32.3 Å². The number of carbonyl (C=O) groups is 4. The predicted molar refractivity (Wildman–Crippen MR) is 133 cm³/mol. The third-order valence-electron chi connectivity index (χ3n) is 4.54. The third-order valence-corrected chi connectivity index (χ3v) is 6.34. The average Bonchev–Trinajstić information content (AvgIpc) is 3.52. The minimum atomic E-state index is -5.02. The summed E-state index contributed by atoms with van der Waals surface area (Å²) >= 11 is 2.52. The number of carbonyl (C=O) groups excluding carboxylic acids is 4. The number of allylic oxidation sites excluding steroid dienone is 1. The molecular weight excluding hydrogens is 533 g/mol. The largest absolute Gasteiger partial charge is 0.462 e. The predicted octanol–water partition coefficient (Wildman–Crippen LogP) is 5.51. The summed E-state index contributed by atoms with van der Waals surface area (Å²) in [7, 11) is 0. The highest BCUT2D eigenvalue weighted by molar-refractivity contribution is 7.17. The molecule has 0 aliphatic heterocycles. The van der Waals surface area contributed by atoms with E-state index >= 15 is 0 Å². The van der Waals surface area contributed by atoms with Crippen molar-refractivity contribution < 1.29 is 41.8 Å². The quantitative estimate of drug-likeness (QED) is 0.252. The smallest absolute Gasteiger partial charge is 0.454 e. The number of thiophene rings is 2. The Labute approximate surface area is 216 Å². The first-order valence-electron chi connectivity index (χ1n) is 10.5. The van der Waals surface area contributed by atoms with E-state index in [1.165, 1.54) is 35.6 Å². The monoisotopic (exact) mass is 552 g/mol. The first-order valence-corrected chi connectivity index (χ1v) is 12.3. The molecule has 0 saturated heterocycles. The van der Waals surface area contributed by atoms with Gasteiger partial charge in [0.25, 0.3) is 11.7 Å². The van der Waals surface area contributed by atoms with Crippen molar-refractivity contribution in [2.24, 2.45) is 0 Å². The number of anilines is 2. The van der Waals surface area contributed by atoms with Crippen LogP contribution in [0.25, 0.3) is 10.4 Å². The van der Waals surface area contributed by atoms with Crippen molar-refractivity contribution in [2.75, 3.05) is 23.8 Å². The van der Waals surface area contributed by atoms with Crippen LogP contribution in [0.2, 0.25) is 0 Å². The molecule has 0 bridgehead atoms. The zero-order valence-corrected chi connectivity index (χ0v) is 20.7. The molecule has 0 unspecified atom stereocenters. The van der Waals surface area contributed by atoms with E-state index in [1.807, 2.05) is 17.5 Å². The molecule has 0 fully saturated rings. The molecule has 2 heterocycles. The first-order chi connectivity index (χ1) is 17.6. The van der Waals surface area contributed by atoms with E-state index in [1.54, 1.807) is 12.3 Å². The lowest BCUT2D eigenvalue weighted by Gasteiger charge is -2.10. The molecule has 0 aliphatic rings. The number of para-hydroxylation sites is 1.